The van der Waals surface area contributed by atoms with Gasteiger partial charge in [0.15, 0.2) is 0 Å². The molecule has 0 amide bonds. The standard InChI is InChI=1S/C6HBr5.BH3O3/c7-2-1-3(8)5(10)6(11)4(2)9;2-1(3)4/h1H;2-4H. The van der Waals surface area contributed by atoms with Crippen molar-refractivity contribution in [3.05, 3.63) is 28.4 Å². The van der Waals surface area contributed by atoms with Crippen LogP contribution in [0.5, 0.6) is 0 Å². The van der Waals surface area contributed by atoms with E-state index in [-0.39, 0.29) is 0 Å². The Bertz CT molecular complexity index is 317. The summed E-state index contributed by atoms with van der Waals surface area (Å²) in [7, 11) is -2.17. The van der Waals surface area contributed by atoms with Gasteiger partial charge in [-0.2, -0.15) is 0 Å². The van der Waals surface area contributed by atoms with E-state index < -0.39 is 7.32 Å². The molecule has 0 aromatic heterocycles. The molecule has 0 bridgehead atoms. The van der Waals surface area contributed by atoms with Crippen LogP contribution in [0.1, 0.15) is 0 Å². The lowest BCUT2D eigenvalue weighted by atomic mass is 10.3. The van der Waals surface area contributed by atoms with E-state index in [1.165, 1.54) is 0 Å². The minimum Gasteiger partial charge on any atom is -0.402 e. The van der Waals surface area contributed by atoms with Gasteiger partial charge in [-0.3, -0.25) is 0 Å². The van der Waals surface area contributed by atoms with Crippen LogP contribution in [-0.4, -0.2) is 22.4 Å². The molecule has 0 atom stereocenters. The molecular formula is C6H4BBr5O3. The van der Waals surface area contributed by atoms with Gasteiger partial charge in [0.25, 0.3) is 0 Å². The second-order valence-corrected chi connectivity index (χ2v) is 6.22. The summed E-state index contributed by atoms with van der Waals surface area (Å²) < 4.78 is 5.04. The number of hydrogen-bond acceptors (Lipinski definition) is 3. The average molecular weight is 534 g/mol. The second kappa shape index (κ2) is 7.81. The van der Waals surface area contributed by atoms with Crippen molar-refractivity contribution in [2.75, 3.05) is 0 Å². The summed E-state index contributed by atoms with van der Waals surface area (Å²) in [5.74, 6) is 0. The first-order chi connectivity index (χ1) is 6.77. The summed E-state index contributed by atoms with van der Waals surface area (Å²) in [5.41, 5.74) is 0. The molecule has 0 fully saturated rings. The quantitative estimate of drug-likeness (QED) is 0.272. The Morgan fingerprint density at radius 2 is 1.00 bits per heavy atom. The van der Waals surface area contributed by atoms with Crippen LogP contribution in [0.15, 0.2) is 28.4 Å². The maximum Gasteiger partial charge on any atom is 0.631 e. The highest BCUT2D eigenvalue weighted by Gasteiger charge is 2.09. The Hall–Kier alpha value is 1.56. The molecule has 0 radical (unpaired) electrons. The molecule has 0 aliphatic rings. The van der Waals surface area contributed by atoms with Crippen molar-refractivity contribution in [2.45, 2.75) is 0 Å². The molecule has 0 aliphatic carbocycles. The maximum absolute atomic E-state index is 7.17. The number of rotatable bonds is 0. The van der Waals surface area contributed by atoms with E-state index in [1.54, 1.807) is 0 Å². The van der Waals surface area contributed by atoms with Crippen molar-refractivity contribution < 1.29 is 15.1 Å². The largest absolute Gasteiger partial charge is 0.631 e. The van der Waals surface area contributed by atoms with Gasteiger partial charge >= 0.3 is 7.32 Å². The highest BCUT2D eigenvalue weighted by atomic mass is 79.9. The number of halogens is 5. The molecule has 1 rings (SSSR count). The van der Waals surface area contributed by atoms with Gasteiger partial charge in [-0.25, -0.2) is 0 Å². The molecule has 1 aromatic rings. The minimum atomic E-state index is -2.17. The van der Waals surface area contributed by atoms with Crippen molar-refractivity contribution in [1.29, 1.82) is 0 Å². The molecular weight excluding hydrogens is 530 g/mol. The molecule has 15 heavy (non-hydrogen) atoms. The Morgan fingerprint density at radius 3 is 1.27 bits per heavy atom. The second-order valence-electron chi connectivity index (χ2n) is 2.13. The van der Waals surface area contributed by atoms with E-state index in [0.29, 0.717) is 0 Å². The van der Waals surface area contributed by atoms with Gasteiger partial charge in [0.2, 0.25) is 0 Å². The molecule has 3 nitrogen and oxygen atoms in total. The fourth-order valence-electron chi connectivity index (χ4n) is 0.544. The van der Waals surface area contributed by atoms with Gasteiger partial charge in [-0.05, 0) is 85.7 Å². The fraction of sp³-hybridized carbons (Fsp3) is 0. The zero-order valence-corrected chi connectivity index (χ0v) is 14.8. The van der Waals surface area contributed by atoms with Crippen molar-refractivity contribution in [3.63, 3.8) is 0 Å². The smallest absolute Gasteiger partial charge is 0.402 e. The van der Waals surface area contributed by atoms with Crippen LogP contribution in [0.2, 0.25) is 0 Å². The van der Waals surface area contributed by atoms with E-state index in [2.05, 4.69) is 79.6 Å². The van der Waals surface area contributed by atoms with Gasteiger partial charge in [-0.1, -0.05) is 0 Å². The van der Waals surface area contributed by atoms with E-state index in [0.717, 1.165) is 22.4 Å². The van der Waals surface area contributed by atoms with Gasteiger partial charge in [-0.15, -0.1) is 0 Å². The topological polar surface area (TPSA) is 60.7 Å². The Balaban J connectivity index is 0.000000423. The van der Waals surface area contributed by atoms with Crippen LogP contribution in [-0.2, 0) is 0 Å². The van der Waals surface area contributed by atoms with Crippen LogP contribution in [0.4, 0.5) is 0 Å². The van der Waals surface area contributed by atoms with E-state index in [4.69, 9.17) is 15.1 Å². The van der Waals surface area contributed by atoms with Gasteiger partial charge in [0.05, 0.1) is 0 Å². The predicted octanol–water partition coefficient (Wildman–Crippen LogP) is 3.45. The summed E-state index contributed by atoms with van der Waals surface area (Å²) >= 11 is 17.1. The van der Waals surface area contributed by atoms with Gasteiger partial charge in [0.1, 0.15) is 0 Å². The van der Waals surface area contributed by atoms with Crippen LogP contribution in [0, 0.1) is 0 Å². The lowest BCUT2D eigenvalue weighted by molar-refractivity contribution is 0.278. The van der Waals surface area contributed by atoms with Crippen molar-refractivity contribution >= 4 is 87.0 Å². The normalized spacial score (nSPS) is 9.33. The summed E-state index contributed by atoms with van der Waals surface area (Å²) in [6.07, 6.45) is 0. The molecule has 0 heterocycles. The van der Waals surface area contributed by atoms with Crippen LogP contribution >= 0.6 is 79.6 Å². The van der Waals surface area contributed by atoms with Crippen LogP contribution in [0.25, 0.3) is 0 Å². The van der Waals surface area contributed by atoms with E-state index >= 15 is 0 Å². The zero-order valence-electron chi connectivity index (χ0n) is 6.89. The molecule has 0 unspecified atom stereocenters. The SMILES string of the molecule is Brc1cc(Br)c(Br)c(Br)c1Br.OB(O)O. The number of hydrogen-bond donors (Lipinski definition) is 3. The monoisotopic (exact) mass is 530 g/mol. The lowest BCUT2D eigenvalue weighted by Crippen LogP contribution is -2.07. The zero-order chi connectivity index (χ0) is 12.2. The molecule has 0 spiro atoms. The highest BCUT2D eigenvalue weighted by Crippen LogP contribution is 2.40. The number of benzene rings is 1. The summed E-state index contributed by atoms with van der Waals surface area (Å²) in [5, 5.41) is 21.5. The van der Waals surface area contributed by atoms with E-state index in [9.17, 15) is 0 Å². The molecule has 0 saturated carbocycles. The van der Waals surface area contributed by atoms with Crippen molar-refractivity contribution in [2.24, 2.45) is 0 Å². The summed E-state index contributed by atoms with van der Waals surface area (Å²) in [6, 6.07) is 1.97. The fourth-order valence-corrected chi connectivity index (χ4v) is 3.56. The molecule has 0 saturated heterocycles. The minimum absolute atomic E-state index is 0.999. The van der Waals surface area contributed by atoms with Crippen LogP contribution in [0.3, 0.4) is 0 Å². The lowest BCUT2D eigenvalue weighted by Gasteiger charge is -2.04. The average Bonchev–Trinajstić information content (AvgIpc) is 2.11. The third-order valence-electron chi connectivity index (χ3n) is 1.06. The Labute approximate surface area is 129 Å². The Morgan fingerprint density at radius 1 is 0.733 bits per heavy atom. The first-order valence-corrected chi connectivity index (χ1v) is 7.26. The highest BCUT2D eigenvalue weighted by molar-refractivity contribution is 9.15. The molecule has 9 heteroatoms. The predicted molar refractivity (Wildman–Crippen MR) is 77.4 cm³/mol. The maximum atomic E-state index is 7.17. The van der Waals surface area contributed by atoms with Crippen molar-refractivity contribution in [3.8, 4) is 0 Å². The first kappa shape index (κ1) is 16.6. The molecule has 0 aliphatic heterocycles. The summed E-state index contributed by atoms with van der Waals surface area (Å²) in [6.45, 7) is 0. The van der Waals surface area contributed by atoms with Crippen LogP contribution < -0.4 is 0 Å². The first-order valence-electron chi connectivity index (χ1n) is 3.30. The summed E-state index contributed by atoms with van der Waals surface area (Å²) in [4.78, 5) is 0. The van der Waals surface area contributed by atoms with Crippen molar-refractivity contribution in [1.82, 2.24) is 0 Å². The van der Waals surface area contributed by atoms with Gasteiger partial charge < -0.3 is 15.1 Å². The van der Waals surface area contributed by atoms with E-state index in [1.807, 2.05) is 6.07 Å². The molecule has 84 valence electrons. The van der Waals surface area contributed by atoms with Gasteiger partial charge in [0, 0.05) is 22.4 Å². The molecule has 1 aromatic carbocycles. The molecule has 3 N–H and O–H groups in total. The third kappa shape index (κ3) is 6.16. The third-order valence-corrected chi connectivity index (χ3v) is 6.88. The Kier molecular flexibility index (Phi) is 8.62.